The average molecular weight is 273 g/mol. The number of imidazole rings is 1. The van der Waals surface area contributed by atoms with Crippen LogP contribution in [0.25, 0.3) is 0 Å². The van der Waals surface area contributed by atoms with Crippen molar-refractivity contribution < 1.29 is 0 Å². The maximum atomic E-state index is 4.94. The Labute approximate surface area is 122 Å². The zero-order valence-electron chi connectivity index (χ0n) is 12.8. The van der Waals surface area contributed by atoms with Gasteiger partial charge in [0.05, 0.1) is 5.69 Å². The maximum Gasteiger partial charge on any atom is 0.105 e. The lowest BCUT2D eigenvalue weighted by molar-refractivity contribution is -0.00407. The summed E-state index contributed by atoms with van der Waals surface area (Å²) in [5.74, 6) is 5.97. The van der Waals surface area contributed by atoms with Crippen molar-refractivity contribution in [2.45, 2.75) is 51.5 Å². The van der Waals surface area contributed by atoms with E-state index < -0.39 is 0 Å². The lowest BCUT2D eigenvalue weighted by Crippen LogP contribution is -2.43. The minimum atomic E-state index is 0.775. The summed E-state index contributed by atoms with van der Waals surface area (Å²) < 4.78 is 2.34. The molecule has 0 aliphatic heterocycles. The number of nitrogens with one attached hydrogen (secondary N) is 1. The minimum Gasteiger partial charge on any atom is -0.334 e. The van der Waals surface area contributed by atoms with Gasteiger partial charge < -0.3 is 9.88 Å². The van der Waals surface area contributed by atoms with Gasteiger partial charge in [0.1, 0.15) is 5.82 Å². The number of aromatic nitrogens is 2. The van der Waals surface area contributed by atoms with Crippen LogP contribution in [0.2, 0.25) is 0 Å². The Morgan fingerprint density at radius 3 is 2.40 bits per heavy atom. The number of rotatable bonds is 4. The van der Waals surface area contributed by atoms with Crippen LogP contribution >= 0.6 is 0 Å². The highest BCUT2D eigenvalue weighted by Crippen LogP contribution is 2.59. The van der Waals surface area contributed by atoms with E-state index in [1.807, 2.05) is 7.05 Å². The number of hydrogen-bond donors (Lipinski definition) is 1. The Kier molecular flexibility index (Phi) is 3.13. The Morgan fingerprint density at radius 2 is 1.80 bits per heavy atom. The lowest BCUT2D eigenvalue weighted by atomic mass is 9.51. The van der Waals surface area contributed by atoms with Gasteiger partial charge in [0.2, 0.25) is 0 Å². The molecular weight excluding hydrogens is 246 g/mol. The van der Waals surface area contributed by atoms with Crippen molar-refractivity contribution >= 4 is 0 Å². The van der Waals surface area contributed by atoms with E-state index in [9.17, 15) is 0 Å². The van der Waals surface area contributed by atoms with Gasteiger partial charge in [0.25, 0.3) is 0 Å². The Morgan fingerprint density at radius 1 is 1.15 bits per heavy atom. The smallest absolute Gasteiger partial charge is 0.105 e. The number of nitrogens with zero attached hydrogens (tertiary/aromatic N) is 2. The van der Waals surface area contributed by atoms with Crippen molar-refractivity contribution in [3.8, 4) is 0 Å². The molecule has 4 aliphatic rings. The van der Waals surface area contributed by atoms with Crippen molar-refractivity contribution in [1.29, 1.82) is 0 Å². The van der Waals surface area contributed by atoms with Gasteiger partial charge in [-0.25, -0.2) is 4.98 Å². The lowest BCUT2D eigenvalue weighted by Gasteiger charge is -2.54. The molecule has 0 amide bonds. The fourth-order valence-corrected chi connectivity index (χ4v) is 5.56. The first-order chi connectivity index (χ1) is 9.74. The van der Waals surface area contributed by atoms with Crippen LogP contribution in [-0.2, 0) is 6.54 Å². The summed E-state index contributed by atoms with van der Waals surface area (Å²) >= 11 is 0. The van der Waals surface area contributed by atoms with Crippen molar-refractivity contribution in [3.05, 3.63) is 17.7 Å². The Hall–Kier alpha value is -0.830. The van der Waals surface area contributed by atoms with Gasteiger partial charge in [-0.1, -0.05) is 0 Å². The van der Waals surface area contributed by atoms with Crippen LogP contribution in [0, 0.1) is 30.6 Å². The number of hydrogen-bond acceptors (Lipinski definition) is 2. The molecule has 0 aromatic carbocycles. The fourth-order valence-electron chi connectivity index (χ4n) is 5.56. The first kappa shape index (κ1) is 12.9. The highest BCUT2D eigenvalue weighted by molar-refractivity contribution is 5.17. The molecule has 1 heterocycles. The third-order valence-electron chi connectivity index (χ3n) is 6.17. The van der Waals surface area contributed by atoms with E-state index in [-0.39, 0.29) is 0 Å². The number of likely N-dealkylation sites (N-methyl/N-ethyl adjacent to an activating group) is 1. The van der Waals surface area contributed by atoms with Crippen molar-refractivity contribution in [1.82, 2.24) is 14.9 Å². The van der Waals surface area contributed by atoms with Crippen LogP contribution in [0.4, 0.5) is 0 Å². The summed E-state index contributed by atoms with van der Waals surface area (Å²) in [5, 5.41) is 3.24. The van der Waals surface area contributed by atoms with Crippen molar-refractivity contribution in [2.24, 2.45) is 23.7 Å². The summed E-state index contributed by atoms with van der Waals surface area (Å²) in [6.45, 7) is 4.23. The van der Waals surface area contributed by atoms with Gasteiger partial charge in [-0.05, 0) is 69.7 Å². The molecule has 4 saturated carbocycles. The largest absolute Gasteiger partial charge is 0.334 e. The molecule has 0 saturated heterocycles. The predicted molar refractivity (Wildman–Crippen MR) is 80.7 cm³/mol. The summed E-state index contributed by atoms with van der Waals surface area (Å²) in [6.07, 6.45) is 9.84. The molecule has 3 nitrogen and oxygen atoms in total. The van der Waals surface area contributed by atoms with E-state index in [4.69, 9.17) is 4.98 Å². The molecule has 4 bridgehead atoms. The third-order valence-corrected chi connectivity index (χ3v) is 6.17. The van der Waals surface area contributed by atoms with Gasteiger partial charge in [-0.15, -0.1) is 0 Å². The maximum absolute atomic E-state index is 4.94. The molecule has 3 heteroatoms. The van der Waals surface area contributed by atoms with Crippen LogP contribution in [0.3, 0.4) is 0 Å². The van der Waals surface area contributed by atoms with Gasteiger partial charge in [-0.2, -0.15) is 0 Å². The average Bonchev–Trinajstić information content (AvgIpc) is 2.76. The van der Waals surface area contributed by atoms with Crippen molar-refractivity contribution in [3.63, 3.8) is 0 Å². The monoisotopic (exact) mass is 273 g/mol. The van der Waals surface area contributed by atoms with Gasteiger partial charge in [-0.3, -0.25) is 0 Å². The molecule has 1 N–H and O–H groups in total. The highest BCUT2D eigenvalue weighted by atomic mass is 15.1. The standard InChI is InChI=1S/C17H27N3/c1-11-19-16(10-20(11)4-3-18-2)17-14-6-12-5-13(8-14)9-15(17)7-12/h10,12-15,17-18H,3-9H2,1-2H3. The summed E-state index contributed by atoms with van der Waals surface area (Å²) in [4.78, 5) is 4.94. The summed E-state index contributed by atoms with van der Waals surface area (Å²) in [5.41, 5.74) is 1.41. The fraction of sp³-hybridized carbons (Fsp3) is 0.824. The first-order valence-electron chi connectivity index (χ1n) is 8.43. The molecule has 0 spiro atoms. The van der Waals surface area contributed by atoms with E-state index in [1.54, 1.807) is 0 Å². The third kappa shape index (κ3) is 2.02. The Balaban J connectivity index is 1.58. The quantitative estimate of drug-likeness (QED) is 0.914. The van der Waals surface area contributed by atoms with Crippen molar-refractivity contribution in [2.75, 3.05) is 13.6 Å². The second kappa shape index (κ2) is 4.87. The molecule has 0 atom stereocenters. The van der Waals surface area contributed by atoms with Crippen LogP contribution in [0.15, 0.2) is 6.20 Å². The topological polar surface area (TPSA) is 29.9 Å². The van der Waals surface area contributed by atoms with E-state index >= 15 is 0 Å². The molecule has 110 valence electrons. The predicted octanol–water partition coefficient (Wildman–Crippen LogP) is 2.95. The van der Waals surface area contributed by atoms with Gasteiger partial charge in [0.15, 0.2) is 0 Å². The highest BCUT2D eigenvalue weighted by Gasteiger charge is 2.49. The second-order valence-electron chi connectivity index (χ2n) is 7.47. The zero-order valence-corrected chi connectivity index (χ0v) is 12.8. The van der Waals surface area contributed by atoms with Crippen LogP contribution < -0.4 is 5.32 Å². The number of aryl methyl sites for hydroxylation is 1. The Bertz CT molecular complexity index is 462. The second-order valence-corrected chi connectivity index (χ2v) is 7.47. The molecule has 4 fully saturated rings. The molecule has 1 aromatic heterocycles. The van der Waals surface area contributed by atoms with E-state index in [0.717, 1.165) is 42.7 Å². The van der Waals surface area contributed by atoms with Crippen LogP contribution in [0.1, 0.15) is 49.5 Å². The summed E-state index contributed by atoms with van der Waals surface area (Å²) in [6, 6.07) is 0. The molecule has 5 rings (SSSR count). The molecule has 20 heavy (non-hydrogen) atoms. The van der Waals surface area contributed by atoms with Gasteiger partial charge in [0, 0.05) is 25.2 Å². The van der Waals surface area contributed by atoms with E-state index in [0.29, 0.717) is 0 Å². The minimum absolute atomic E-state index is 0.775. The van der Waals surface area contributed by atoms with Gasteiger partial charge >= 0.3 is 0 Å². The van der Waals surface area contributed by atoms with E-state index in [1.165, 1.54) is 43.6 Å². The zero-order chi connectivity index (χ0) is 13.7. The van der Waals surface area contributed by atoms with E-state index in [2.05, 4.69) is 23.0 Å². The SMILES string of the molecule is CNCCn1cc(C2C3CC4CC(C3)CC2C4)nc1C. The van der Waals surface area contributed by atoms with Crippen LogP contribution in [-0.4, -0.2) is 23.1 Å². The summed E-state index contributed by atoms with van der Waals surface area (Å²) in [7, 11) is 2.02. The molecule has 0 unspecified atom stereocenters. The molecule has 0 radical (unpaired) electrons. The van der Waals surface area contributed by atoms with Crippen LogP contribution in [0.5, 0.6) is 0 Å². The molecule has 4 aliphatic carbocycles. The molecule has 1 aromatic rings. The first-order valence-corrected chi connectivity index (χ1v) is 8.43. The normalized spacial score (nSPS) is 38.6. The molecular formula is C17H27N3.